The normalized spacial score (nSPS) is 17.0. The zero-order chi connectivity index (χ0) is 15.4. The first-order valence-corrected chi connectivity index (χ1v) is 6.94. The predicted octanol–water partition coefficient (Wildman–Crippen LogP) is 2.50. The maximum absolute atomic E-state index is 12.8. The van der Waals surface area contributed by atoms with Crippen molar-refractivity contribution in [3.05, 3.63) is 29.8 Å². The Kier molecular flexibility index (Phi) is 4.73. The van der Waals surface area contributed by atoms with Crippen LogP contribution in [0.3, 0.4) is 0 Å². The van der Waals surface area contributed by atoms with Crippen LogP contribution in [-0.2, 0) is 0 Å². The van der Waals surface area contributed by atoms with Crippen LogP contribution in [0.4, 0.5) is 0 Å². The van der Waals surface area contributed by atoms with Crippen LogP contribution in [-0.4, -0.2) is 44.7 Å². The fourth-order valence-electron chi connectivity index (χ4n) is 2.59. The second-order valence-corrected chi connectivity index (χ2v) is 4.74. The van der Waals surface area contributed by atoms with Crippen molar-refractivity contribution in [2.24, 2.45) is 0 Å². The minimum atomic E-state index is -0.0651. The van der Waals surface area contributed by atoms with Gasteiger partial charge in [-0.1, -0.05) is 19.1 Å². The fourth-order valence-corrected chi connectivity index (χ4v) is 2.59. The molecule has 114 valence electrons. The van der Waals surface area contributed by atoms with Gasteiger partial charge in [-0.05, 0) is 18.6 Å². The molecule has 0 aromatic heterocycles. The highest BCUT2D eigenvalue weighted by atomic mass is 16.5. The van der Waals surface area contributed by atoms with E-state index in [9.17, 15) is 4.79 Å². The van der Waals surface area contributed by atoms with E-state index in [1.165, 1.54) is 14.2 Å². The Morgan fingerprint density at radius 2 is 1.90 bits per heavy atom. The molecule has 1 aliphatic heterocycles. The number of carbonyl (C=O) groups is 1. The third-order valence-electron chi connectivity index (χ3n) is 3.67. The summed E-state index contributed by atoms with van der Waals surface area (Å²) >= 11 is 0. The number of ether oxygens (including phenoxy) is 3. The van der Waals surface area contributed by atoms with Gasteiger partial charge < -0.3 is 19.1 Å². The van der Waals surface area contributed by atoms with E-state index in [2.05, 4.69) is 13.0 Å². The molecule has 0 radical (unpaired) electrons. The minimum Gasteiger partial charge on any atom is -0.493 e. The van der Waals surface area contributed by atoms with Crippen molar-refractivity contribution < 1.29 is 19.0 Å². The van der Waals surface area contributed by atoms with E-state index in [1.54, 1.807) is 19.2 Å². The molecule has 0 N–H and O–H groups in total. The Morgan fingerprint density at radius 1 is 1.19 bits per heavy atom. The molecule has 1 atom stereocenters. The summed E-state index contributed by atoms with van der Waals surface area (Å²) in [4.78, 5) is 14.6. The van der Waals surface area contributed by atoms with E-state index in [-0.39, 0.29) is 11.9 Å². The molecule has 0 fully saturated rings. The molecule has 0 saturated carbocycles. The van der Waals surface area contributed by atoms with Gasteiger partial charge in [0.25, 0.3) is 5.91 Å². The topological polar surface area (TPSA) is 48.0 Å². The quantitative estimate of drug-likeness (QED) is 0.782. The number of amides is 1. The minimum absolute atomic E-state index is 0.0651. The number of benzene rings is 1. The number of carbonyl (C=O) groups excluding carboxylic acids is 1. The van der Waals surface area contributed by atoms with Crippen molar-refractivity contribution in [2.45, 2.75) is 19.4 Å². The molecule has 1 aliphatic rings. The summed E-state index contributed by atoms with van der Waals surface area (Å²) in [6.07, 6.45) is 4.96. The molecule has 0 spiro atoms. The van der Waals surface area contributed by atoms with Crippen molar-refractivity contribution in [3.8, 4) is 17.2 Å². The van der Waals surface area contributed by atoms with Crippen LogP contribution in [0.2, 0.25) is 0 Å². The summed E-state index contributed by atoms with van der Waals surface area (Å²) in [5.74, 6) is 1.32. The standard InChI is InChI=1S/C16H21NO4/c1-5-11-7-6-10-17(11)16(18)12-8-9-13(19-2)15(21-4)14(12)20-3/h6-9,11H,5,10H2,1-4H3. The van der Waals surface area contributed by atoms with Crippen LogP contribution in [0.15, 0.2) is 24.3 Å². The second kappa shape index (κ2) is 6.52. The van der Waals surface area contributed by atoms with E-state index in [0.29, 0.717) is 29.4 Å². The van der Waals surface area contributed by atoms with Crippen LogP contribution in [0.25, 0.3) is 0 Å². The Morgan fingerprint density at radius 3 is 2.48 bits per heavy atom. The van der Waals surface area contributed by atoms with E-state index in [4.69, 9.17) is 14.2 Å². The van der Waals surface area contributed by atoms with Gasteiger partial charge >= 0.3 is 0 Å². The number of hydrogen-bond donors (Lipinski definition) is 0. The molecule has 2 rings (SSSR count). The van der Waals surface area contributed by atoms with Gasteiger partial charge in [-0.15, -0.1) is 0 Å². The smallest absolute Gasteiger partial charge is 0.258 e. The fraction of sp³-hybridized carbons (Fsp3) is 0.438. The van der Waals surface area contributed by atoms with Crippen molar-refractivity contribution in [2.75, 3.05) is 27.9 Å². The van der Waals surface area contributed by atoms with Gasteiger partial charge in [-0.2, -0.15) is 0 Å². The molecule has 1 unspecified atom stereocenters. The Bertz CT molecular complexity index is 553. The first-order chi connectivity index (χ1) is 10.2. The van der Waals surface area contributed by atoms with E-state index >= 15 is 0 Å². The molecule has 0 aliphatic carbocycles. The monoisotopic (exact) mass is 291 g/mol. The highest BCUT2D eigenvalue weighted by Crippen LogP contribution is 2.40. The lowest BCUT2D eigenvalue weighted by Gasteiger charge is -2.25. The molecular formula is C16H21NO4. The van der Waals surface area contributed by atoms with Gasteiger partial charge in [-0.25, -0.2) is 0 Å². The molecule has 1 amide bonds. The first-order valence-electron chi connectivity index (χ1n) is 6.94. The molecule has 5 heteroatoms. The molecule has 1 aromatic carbocycles. The zero-order valence-electron chi connectivity index (χ0n) is 12.9. The van der Waals surface area contributed by atoms with Crippen LogP contribution in [0.1, 0.15) is 23.7 Å². The number of nitrogens with zero attached hydrogens (tertiary/aromatic N) is 1. The number of methoxy groups -OCH3 is 3. The molecule has 0 bridgehead atoms. The van der Waals surface area contributed by atoms with Crippen molar-refractivity contribution >= 4 is 5.91 Å². The molecule has 0 saturated heterocycles. The van der Waals surface area contributed by atoms with Gasteiger partial charge in [0.05, 0.1) is 32.9 Å². The SMILES string of the molecule is CCC1C=CCN1C(=O)c1ccc(OC)c(OC)c1OC. The molecule has 21 heavy (non-hydrogen) atoms. The molecule has 1 aromatic rings. The lowest BCUT2D eigenvalue weighted by Crippen LogP contribution is -2.35. The second-order valence-electron chi connectivity index (χ2n) is 4.74. The van der Waals surface area contributed by atoms with Crippen LogP contribution in [0, 0.1) is 0 Å². The summed E-state index contributed by atoms with van der Waals surface area (Å²) < 4.78 is 16.0. The predicted molar refractivity (Wildman–Crippen MR) is 80.4 cm³/mol. The van der Waals surface area contributed by atoms with E-state index in [1.807, 2.05) is 11.0 Å². The summed E-state index contributed by atoms with van der Waals surface area (Å²) in [5.41, 5.74) is 0.484. The van der Waals surface area contributed by atoms with Crippen molar-refractivity contribution in [1.82, 2.24) is 4.90 Å². The Hall–Kier alpha value is -2.17. The lowest BCUT2D eigenvalue weighted by atomic mass is 10.1. The maximum atomic E-state index is 12.8. The van der Waals surface area contributed by atoms with Crippen LogP contribution < -0.4 is 14.2 Å². The largest absolute Gasteiger partial charge is 0.493 e. The van der Waals surface area contributed by atoms with Crippen molar-refractivity contribution in [1.29, 1.82) is 0 Å². The van der Waals surface area contributed by atoms with E-state index < -0.39 is 0 Å². The summed E-state index contributed by atoms with van der Waals surface area (Å²) in [6, 6.07) is 3.57. The highest BCUT2D eigenvalue weighted by molar-refractivity contribution is 5.99. The Labute approximate surface area is 125 Å². The van der Waals surface area contributed by atoms with Crippen LogP contribution >= 0.6 is 0 Å². The third kappa shape index (κ3) is 2.68. The lowest BCUT2D eigenvalue weighted by molar-refractivity contribution is 0.0743. The first kappa shape index (κ1) is 15.2. The van der Waals surface area contributed by atoms with Gasteiger partial charge in [0.1, 0.15) is 0 Å². The number of hydrogen-bond acceptors (Lipinski definition) is 4. The van der Waals surface area contributed by atoms with E-state index in [0.717, 1.165) is 6.42 Å². The van der Waals surface area contributed by atoms with Crippen LogP contribution in [0.5, 0.6) is 17.2 Å². The van der Waals surface area contributed by atoms with Gasteiger partial charge in [0.2, 0.25) is 5.75 Å². The molecule has 5 nitrogen and oxygen atoms in total. The maximum Gasteiger partial charge on any atom is 0.258 e. The highest BCUT2D eigenvalue weighted by Gasteiger charge is 2.28. The average Bonchev–Trinajstić information content (AvgIpc) is 3.00. The van der Waals surface area contributed by atoms with Crippen molar-refractivity contribution in [3.63, 3.8) is 0 Å². The molecular weight excluding hydrogens is 270 g/mol. The van der Waals surface area contributed by atoms with Gasteiger partial charge in [-0.3, -0.25) is 4.79 Å². The van der Waals surface area contributed by atoms with Gasteiger partial charge in [0.15, 0.2) is 11.5 Å². The number of rotatable bonds is 5. The zero-order valence-corrected chi connectivity index (χ0v) is 12.9. The molecule has 1 heterocycles. The third-order valence-corrected chi connectivity index (χ3v) is 3.67. The summed E-state index contributed by atoms with van der Waals surface area (Å²) in [7, 11) is 4.60. The van der Waals surface area contributed by atoms with Gasteiger partial charge in [0, 0.05) is 6.54 Å². The Balaban J connectivity index is 2.42. The average molecular weight is 291 g/mol. The summed E-state index contributed by atoms with van der Waals surface area (Å²) in [6.45, 7) is 2.68. The summed E-state index contributed by atoms with van der Waals surface area (Å²) in [5, 5.41) is 0.